The molecular formula is C17H17ClN2O2S3. The lowest BCUT2D eigenvalue weighted by molar-refractivity contribution is -0.385. The lowest BCUT2D eigenvalue weighted by Crippen LogP contribution is -2.26. The van der Waals surface area contributed by atoms with Crippen molar-refractivity contribution in [2.75, 3.05) is 24.6 Å². The van der Waals surface area contributed by atoms with Crippen LogP contribution in [0.5, 0.6) is 0 Å². The molecule has 4 nitrogen and oxygen atoms in total. The molecule has 2 aromatic rings. The van der Waals surface area contributed by atoms with E-state index in [1.807, 2.05) is 36.9 Å². The number of nitrogens with zero attached hydrogens (tertiary/aromatic N) is 2. The van der Waals surface area contributed by atoms with Crippen LogP contribution in [0.4, 0.5) is 5.69 Å². The van der Waals surface area contributed by atoms with Crippen molar-refractivity contribution in [2.45, 2.75) is 21.6 Å². The third-order valence-corrected chi connectivity index (χ3v) is 7.07. The van der Waals surface area contributed by atoms with E-state index in [1.165, 1.54) is 0 Å². The van der Waals surface area contributed by atoms with Crippen LogP contribution < -0.4 is 0 Å². The van der Waals surface area contributed by atoms with Crippen molar-refractivity contribution in [1.82, 2.24) is 4.31 Å². The van der Waals surface area contributed by atoms with Gasteiger partial charge in [-0.25, -0.2) is 4.31 Å². The molecule has 0 saturated carbocycles. The van der Waals surface area contributed by atoms with Gasteiger partial charge in [-0.3, -0.25) is 10.1 Å². The van der Waals surface area contributed by atoms with Crippen molar-refractivity contribution >= 4 is 52.8 Å². The summed E-state index contributed by atoms with van der Waals surface area (Å²) in [5.74, 6) is 2.19. The zero-order valence-electron chi connectivity index (χ0n) is 13.6. The van der Waals surface area contributed by atoms with E-state index in [2.05, 4.69) is 10.4 Å². The van der Waals surface area contributed by atoms with Gasteiger partial charge in [-0.15, -0.1) is 0 Å². The Hall–Kier alpha value is -0.860. The van der Waals surface area contributed by atoms with Gasteiger partial charge >= 0.3 is 0 Å². The monoisotopic (exact) mass is 412 g/mol. The second-order valence-corrected chi connectivity index (χ2v) is 9.50. The molecule has 1 saturated heterocycles. The molecule has 0 spiro atoms. The van der Waals surface area contributed by atoms with E-state index in [0.717, 1.165) is 44.8 Å². The minimum atomic E-state index is -0.339. The van der Waals surface area contributed by atoms with Crippen LogP contribution in [0.25, 0.3) is 0 Å². The van der Waals surface area contributed by atoms with Gasteiger partial charge in [0.2, 0.25) is 0 Å². The molecule has 3 rings (SSSR count). The number of halogens is 1. The third-order valence-electron chi connectivity index (χ3n) is 3.58. The number of hydrogen-bond acceptors (Lipinski definition) is 6. The highest BCUT2D eigenvalue weighted by molar-refractivity contribution is 8.01. The molecule has 1 aliphatic rings. The largest absolute Gasteiger partial charge is 0.270 e. The van der Waals surface area contributed by atoms with Crippen LogP contribution in [0.2, 0.25) is 5.02 Å². The first-order valence-corrected chi connectivity index (χ1v) is 10.9. The fraction of sp³-hybridized carbons (Fsp3) is 0.294. The first kappa shape index (κ1) is 18.9. The first-order chi connectivity index (χ1) is 12.0. The molecule has 1 heterocycles. The topological polar surface area (TPSA) is 46.4 Å². The average Bonchev–Trinajstić information content (AvgIpc) is 2.56. The summed E-state index contributed by atoms with van der Waals surface area (Å²) in [5, 5.41) is 11.9. The van der Waals surface area contributed by atoms with Gasteiger partial charge in [-0.05, 0) is 48.7 Å². The van der Waals surface area contributed by atoms with Crippen LogP contribution >= 0.6 is 47.1 Å². The SMILES string of the molecule is Cc1cc(Cl)cc(Sc2ccc([N+](=O)[O-])cc2SN2CCSCC2)c1. The summed E-state index contributed by atoms with van der Waals surface area (Å²) in [6, 6.07) is 11.0. The maximum absolute atomic E-state index is 11.2. The van der Waals surface area contributed by atoms with Crippen molar-refractivity contribution in [3.8, 4) is 0 Å². The third kappa shape index (κ3) is 5.31. The fourth-order valence-corrected chi connectivity index (χ4v) is 6.11. The summed E-state index contributed by atoms with van der Waals surface area (Å²) in [4.78, 5) is 13.8. The Morgan fingerprint density at radius 1 is 1.16 bits per heavy atom. The summed E-state index contributed by atoms with van der Waals surface area (Å²) in [6.07, 6.45) is 0. The summed E-state index contributed by atoms with van der Waals surface area (Å²) in [6.45, 7) is 3.98. The van der Waals surface area contributed by atoms with Gasteiger partial charge in [0.25, 0.3) is 5.69 Å². The summed E-state index contributed by atoms with van der Waals surface area (Å²) >= 11 is 11.3. The number of non-ortho nitro benzene ring substituents is 1. The van der Waals surface area contributed by atoms with E-state index in [0.29, 0.717) is 5.02 Å². The van der Waals surface area contributed by atoms with Gasteiger partial charge in [0.15, 0.2) is 0 Å². The maximum atomic E-state index is 11.2. The summed E-state index contributed by atoms with van der Waals surface area (Å²) < 4.78 is 2.28. The van der Waals surface area contributed by atoms with Crippen molar-refractivity contribution in [3.63, 3.8) is 0 Å². The molecule has 0 N–H and O–H groups in total. The molecule has 2 aromatic carbocycles. The Morgan fingerprint density at radius 2 is 1.92 bits per heavy atom. The van der Waals surface area contributed by atoms with Gasteiger partial charge in [0, 0.05) is 56.4 Å². The van der Waals surface area contributed by atoms with E-state index in [4.69, 9.17) is 11.6 Å². The van der Waals surface area contributed by atoms with Gasteiger partial charge in [0.05, 0.1) is 4.92 Å². The molecule has 132 valence electrons. The highest BCUT2D eigenvalue weighted by Crippen LogP contribution is 2.40. The number of benzene rings is 2. The quantitative estimate of drug-likeness (QED) is 0.353. The molecule has 0 radical (unpaired) electrons. The normalized spacial score (nSPS) is 15.3. The Morgan fingerprint density at radius 3 is 2.60 bits per heavy atom. The van der Waals surface area contributed by atoms with E-state index in [-0.39, 0.29) is 10.6 Å². The van der Waals surface area contributed by atoms with Crippen LogP contribution in [0.1, 0.15) is 5.56 Å². The van der Waals surface area contributed by atoms with Crippen LogP contribution in [-0.4, -0.2) is 33.8 Å². The number of rotatable bonds is 5. The van der Waals surface area contributed by atoms with Crippen molar-refractivity contribution in [1.29, 1.82) is 0 Å². The maximum Gasteiger partial charge on any atom is 0.270 e. The van der Waals surface area contributed by atoms with Crippen molar-refractivity contribution in [2.24, 2.45) is 0 Å². The minimum Gasteiger partial charge on any atom is -0.258 e. The molecular weight excluding hydrogens is 396 g/mol. The summed E-state index contributed by atoms with van der Waals surface area (Å²) in [5.41, 5.74) is 1.22. The van der Waals surface area contributed by atoms with Crippen molar-refractivity contribution < 1.29 is 4.92 Å². The van der Waals surface area contributed by atoms with Crippen LogP contribution in [0, 0.1) is 17.0 Å². The molecule has 0 amide bonds. The standard InChI is InChI=1S/C17H17ClN2O2S3/c1-12-8-13(18)10-15(9-12)24-16-3-2-14(20(21)22)11-17(16)25-19-4-6-23-7-5-19/h2-3,8-11H,4-7H2,1H3. The molecule has 25 heavy (non-hydrogen) atoms. The number of thioether (sulfide) groups is 1. The van der Waals surface area contributed by atoms with Crippen LogP contribution in [0.15, 0.2) is 51.1 Å². The number of nitro groups is 1. The minimum absolute atomic E-state index is 0.125. The highest BCUT2D eigenvalue weighted by Gasteiger charge is 2.18. The molecule has 8 heteroatoms. The Balaban J connectivity index is 1.89. The lowest BCUT2D eigenvalue weighted by Gasteiger charge is -2.25. The smallest absolute Gasteiger partial charge is 0.258 e. The molecule has 0 bridgehead atoms. The van der Waals surface area contributed by atoms with Crippen molar-refractivity contribution in [3.05, 3.63) is 57.1 Å². The van der Waals surface area contributed by atoms with Crippen LogP contribution in [0.3, 0.4) is 0 Å². The summed E-state index contributed by atoms with van der Waals surface area (Å²) in [7, 11) is 0. The second-order valence-electron chi connectivity index (χ2n) is 5.59. The molecule has 0 aromatic heterocycles. The van der Waals surface area contributed by atoms with Gasteiger partial charge in [-0.1, -0.05) is 23.4 Å². The van der Waals surface area contributed by atoms with Gasteiger partial charge < -0.3 is 0 Å². The molecule has 1 fully saturated rings. The Labute approximate surface area is 165 Å². The molecule has 0 aliphatic carbocycles. The predicted octanol–water partition coefficient (Wildman–Crippen LogP) is 5.76. The zero-order chi connectivity index (χ0) is 17.8. The number of aryl methyl sites for hydroxylation is 1. The van der Waals surface area contributed by atoms with E-state index < -0.39 is 0 Å². The predicted molar refractivity (Wildman–Crippen MR) is 108 cm³/mol. The Kier molecular flexibility index (Phi) is 6.57. The van der Waals surface area contributed by atoms with Gasteiger partial charge in [-0.2, -0.15) is 11.8 Å². The zero-order valence-corrected chi connectivity index (χ0v) is 16.8. The molecule has 1 aliphatic heterocycles. The lowest BCUT2D eigenvalue weighted by atomic mass is 10.2. The number of nitro benzene ring substituents is 1. The van der Waals surface area contributed by atoms with E-state index >= 15 is 0 Å². The fourth-order valence-electron chi connectivity index (χ4n) is 2.43. The van der Waals surface area contributed by atoms with E-state index in [9.17, 15) is 10.1 Å². The highest BCUT2D eigenvalue weighted by atomic mass is 35.5. The average molecular weight is 413 g/mol. The Bertz CT molecular complexity index is 762. The second kappa shape index (κ2) is 8.68. The van der Waals surface area contributed by atoms with Crippen LogP contribution in [-0.2, 0) is 0 Å². The molecule has 0 unspecified atom stereocenters. The van der Waals surface area contributed by atoms with Gasteiger partial charge in [0.1, 0.15) is 0 Å². The molecule has 0 atom stereocenters. The first-order valence-electron chi connectivity index (χ1n) is 7.75. The van der Waals surface area contributed by atoms with E-state index in [1.54, 1.807) is 35.8 Å². The number of hydrogen-bond donors (Lipinski definition) is 0.